The van der Waals surface area contributed by atoms with Crippen LogP contribution in [0.4, 0.5) is 10.1 Å². The quantitative estimate of drug-likeness (QED) is 0.808. The van der Waals surface area contributed by atoms with E-state index in [-0.39, 0.29) is 18.3 Å². The van der Waals surface area contributed by atoms with Crippen LogP contribution >= 0.6 is 0 Å². The first-order chi connectivity index (χ1) is 10.8. The minimum atomic E-state index is -0.276. The van der Waals surface area contributed by atoms with Gasteiger partial charge in [0.2, 0.25) is 0 Å². The largest absolute Gasteiger partial charge is 0.396 e. The fourth-order valence-electron chi connectivity index (χ4n) is 3.21. The van der Waals surface area contributed by atoms with Gasteiger partial charge in [0.25, 0.3) is 0 Å². The third-order valence-corrected chi connectivity index (χ3v) is 4.28. The summed E-state index contributed by atoms with van der Waals surface area (Å²) in [4.78, 5) is 6.53. The SMILES string of the molecule is OCC1CN(Cc2cnc3ccc(F)cn23)c2ccccc21. The van der Waals surface area contributed by atoms with Crippen LogP contribution in [-0.4, -0.2) is 27.6 Å². The third-order valence-electron chi connectivity index (χ3n) is 4.28. The number of anilines is 1. The van der Waals surface area contributed by atoms with E-state index in [1.165, 1.54) is 17.8 Å². The van der Waals surface area contributed by atoms with Gasteiger partial charge in [0, 0.05) is 24.3 Å². The number of imidazole rings is 1. The van der Waals surface area contributed by atoms with E-state index in [1.54, 1.807) is 16.7 Å². The third kappa shape index (κ3) is 2.05. The Bertz CT molecular complexity index is 830. The van der Waals surface area contributed by atoms with Crippen LogP contribution in [-0.2, 0) is 6.54 Å². The number of aliphatic hydroxyl groups excluding tert-OH is 1. The van der Waals surface area contributed by atoms with Gasteiger partial charge in [-0.1, -0.05) is 18.2 Å². The first kappa shape index (κ1) is 13.3. The summed E-state index contributed by atoms with van der Waals surface area (Å²) in [5.74, 6) is -0.145. The molecule has 2 aromatic heterocycles. The van der Waals surface area contributed by atoms with E-state index in [0.717, 1.165) is 23.6 Å². The van der Waals surface area contributed by atoms with Crippen LogP contribution in [0.25, 0.3) is 5.65 Å². The lowest BCUT2D eigenvalue weighted by Crippen LogP contribution is -2.23. The molecular weight excluding hydrogens is 281 g/mol. The van der Waals surface area contributed by atoms with Crippen LogP contribution in [0.5, 0.6) is 0 Å². The van der Waals surface area contributed by atoms with Crippen molar-refractivity contribution in [3.05, 3.63) is 65.9 Å². The molecule has 1 unspecified atom stereocenters. The number of para-hydroxylation sites is 1. The number of aromatic nitrogens is 2. The number of nitrogens with zero attached hydrogens (tertiary/aromatic N) is 3. The highest BCUT2D eigenvalue weighted by molar-refractivity contribution is 5.60. The van der Waals surface area contributed by atoms with Crippen LogP contribution in [0, 0.1) is 5.82 Å². The molecule has 0 amide bonds. The van der Waals surface area contributed by atoms with Gasteiger partial charge in [-0.2, -0.15) is 0 Å². The Morgan fingerprint density at radius 3 is 2.95 bits per heavy atom. The van der Waals surface area contributed by atoms with E-state index in [2.05, 4.69) is 22.0 Å². The van der Waals surface area contributed by atoms with Crippen molar-refractivity contribution in [3.8, 4) is 0 Å². The number of halogens is 1. The summed E-state index contributed by atoms with van der Waals surface area (Å²) in [6.07, 6.45) is 3.24. The maximum absolute atomic E-state index is 13.5. The van der Waals surface area contributed by atoms with Gasteiger partial charge < -0.3 is 10.0 Å². The standard InChI is InChI=1S/C17H16FN3O/c18-13-5-6-17-19-7-14(21(17)9-13)10-20-8-12(11-22)15-3-1-2-4-16(15)20/h1-7,9,12,22H,8,10-11H2. The normalized spacial score (nSPS) is 17.2. The highest BCUT2D eigenvalue weighted by Crippen LogP contribution is 2.36. The van der Waals surface area contributed by atoms with Crippen LogP contribution in [0.15, 0.2) is 48.8 Å². The van der Waals surface area contributed by atoms with E-state index in [1.807, 2.05) is 12.1 Å². The first-order valence-corrected chi connectivity index (χ1v) is 7.32. The second kappa shape index (κ2) is 5.10. The summed E-state index contributed by atoms with van der Waals surface area (Å²) in [6, 6.07) is 11.2. The zero-order chi connectivity index (χ0) is 15.1. The summed E-state index contributed by atoms with van der Waals surface area (Å²) >= 11 is 0. The lowest BCUT2D eigenvalue weighted by Gasteiger charge is -2.19. The van der Waals surface area contributed by atoms with Crippen LogP contribution in [0.3, 0.4) is 0 Å². The van der Waals surface area contributed by atoms with Gasteiger partial charge in [-0.15, -0.1) is 0 Å². The maximum Gasteiger partial charge on any atom is 0.139 e. The number of aliphatic hydroxyl groups is 1. The minimum Gasteiger partial charge on any atom is -0.396 e. The van der Waals surface area contributed by atoms with Gasteiger partial charge in [-0.25, -0.2) is 9.37 Å². The van der Waals surface area contributed by atoms with Crippen molar-refractivity contribution in [1.82, 2.24) is 9.38 Å². The van der Waals surface area contributed by atoms with E-state index in [0.29, 0.717) is 6.54 Å². The van der Waals surface area contributed by atoms with Gasteiger partial charge in [0.1, 0.15) is 11.5 Å². The Balaban J connectivity index is 1.70. The zero-order valence-corrected chi connectivity index (χ0v) is 12.0. The molecular formula is C17H16FN3O. The van der Waals surface area contributed by atoms with Gasteiger partial charge in [-0.05, 0) is 23.8 Å². The van der Waals surface area contributed by atoms with Crippen LogP contribution in [0.1, 0.15) is 17.2 Å². The molecule has 0 bridgehead atoms. The number of fused-ring (bicyclic) bond motifs is 2. The van der Waals surface area contributed by atoms with E-state index in [9.17, 15) is 9.50 Å². The maximum atomic E-state index is 13.5. The van der Waals surface area contributed by atoms with Gasteiger partial charge >= 0.3 is 0 Å². The summed E-state index contributed by atoms with van der Waals surface area (Å²) in [7, 11) is 0. The molecule has 0 radical (unpaired) electrons. The molecule has 4 rings (SSSR count). The highest BCUT2D eigenvalue weighted by Gasteiger charge is 2.28. The Morgan fingerprint density at radius 1 is 1.23 bits per heavy atom. The van der Waals surface area contributed by atoms with Crippen LogP contribution < -0.4 is 4.90 Å². The molecule has 1 atom stereocenters. The summed E-state index contributed by atoms with van der Waals surface area (Å²) in [5, 5.41) is 9.57. The molecule has 22 heavy (non-hydrogen) atoms. The number of benzene rings is 1. The molecule has 112 valence electrons. The van der Waals surface area contributed by atoms with E-state index >= 15 is 0 Å². The fraction of sp³-hybridized carbons (Fsp3) is 0.235. The second-order valence-electron chi connectivity index (χ2n) is 5.64. The molecule has 1 N–H and O–H groups in total. The smallest absolute Gasteiger partial charge is 0.139 e. The molecule has 0 saturated carbocycles. The lowest BCUT2D eigenvalue weighted by molar-refractivity contribution is 0.270. The Kier molecular flexibility index (Phi) is 3.08. The average molecular weight is 297 g/mol. The van der Waals surface area contributed by atoms with Crippen LogP contribution in [0.2, 0.25) is 0 Å². The number of rotatable bonds is 3. The van der Waals surface area contributed by atoms with E-state index < -0.39 is 0 Å². The molecule has 0 aliphatic carbocycles. The average Bonchev–Trinajstić information content (AvgIpc) is 3.10. The number of pyridine rings is 1. The minimum absolute atomic E-state index is 0.132. The molecule has 4 nitrogen and oxygen atoms in total. The predicted octanol–water partition coefficient (Wildman–Crippen LogP) is 2.57. The van der Waals surface area contributed by atoms with Crippen molar-refractivity contribution in [3.63, 3.8) is 0 Å². The van der Waals surface area contributed by atoms with Crippen molar-refractivity contribution >= 4 is 11.3 Å². The van der Waals surface area contributed by atoms with Crippen molar-refractivity contribution < 1.29 is 9.50 Å². The van der Waals surface area contributed by atoms with Crippen molar-refractivity contribution in [2.45, 2.75) is 12.5 Å². The molecule has 0 saturated heterocycles. The van der Waals surface area contributed by atoms with Crippen molar-refractivity contribution in [2.24, 2.45) is 0 Å². The first-order valence-electron chi connectivity index (χ1n) is 7.32. The zero-order valence-electron chi connectivity index (χ0n) is 12.0. The molecule has 0 fully saturated rings. The summed E-state index contributed by atoms with van der Waals surface area (Å²) < 4.78 is 15.3. The Hall–Kier alpha value is -2.40. The predicted molar refractivity (Wildman–Crippen MR) is 82.5 cm³/mol. The number of hydrogen-bond acceptors (Lipinski definition) is 3. The second-order valence-corrected chi connectivity index (χ2v) is 5.64. The van der Waals surface area contributed by atoms with E-state index in [4.69, 9.17) is 0 Å². The topological polar surface area (TPSA) is 40.8 Å². The molecule has 0 spiro atoms. The Labute approximate surface area is 127 Å². The monoisotopic (exact) mass is 297 g/mol. The van der Waals surface area contributed by atoms with Gasteiger partial charge in [-0.3, -0.25) is 4.40 Å². The molecule has 1 aromatic carbocycles. The highest BCUT2D eigenvalue weighted by atomic mass is 19.1. The van der Waals surface area contributed by atoms with Gasteiger partial charge in [0.15, 0.2) is 0 Å². The van der Waals surface area contributed by atoms with Crippen molar-refractivity contribution in [1.29, 1.82) is 0 Å². The lowest BCUT2D eigenvalue weighted by atomic mass is 10.0. The fourth-order valence-corrected chi connectivity index (χ4v) is 3.21. The van der Waals surface area contributed by atoms with Crippen molar-refractivity contribution in [2.75, 3.05) is 18.1 Å². The molecule has 5 heteroatoms. The summed E-state index contributed by atoms with van der Waals surface area (Å²) in [6.45, 7) is 1.53. The molecule has 3 aromatic rings. The van der Waals surface area contributed by atoms with Gasteiger partial charge in [0.05, 0.1) is 25.0 Å². The molecule has 3 heterocycles. The Morgan fingerprint density at radius 2 is 2.09 bits per heavy atom. The molecule has 1 aliphatic rings. The summed E-state index contributed by atoms with van der Waals surface area (Å²) in [5.41, 5.74) is 3.98. The molecule has 1 aliphatic heterocycles. The number of hydrogen-bond donors (Lipinski definition) is 1.